The molecule has 118 valence electrons. The molecule has 2 aliphatic rings. The average Bonchev–Trinajstić information content (AvgIpc) is 2.40. The van der Waals surface area contributed by atoms with E-state index in [0.29, 0.717) is 18.6 Å². The number of piperazine rings is 1. The number of hydrogen-bond acceptors (Lipinski definition) is 2. The Labute approximate surface area is 120 Å². The molecular weight excluding hydrogens is 265 g/mol. The van der Waals surface area contributed by atoms with E-state index in [2.05, 4.69) is 17.1 Å². The Bertz CT molecular complexity index is 287. The van der Waals surface area contributed by atoms with Crippen LogP contribution in [0.5, 0.6) is 0 Å². The minimum atomic E-state index is -4.01. The van der Waals surface area contributed by atoms with Crippen LogP contribution >= 0.6 is 0 Å². The summed E-state index contributed by atoms with van der Waals surface area (Å²) in [5.74, 6) is 0.723. The first-order valence-corrected chi connectivity index (χ1v) is 8.00. The maximum atomic E-state index is 12.2. The van der Waals surface area contributed by atoms with Crippen LogP contribution in [0.4, 0.5) is 13.2 Å². The summed E-state index contributed by atoms with van der Waals surface area (Å²) in [5.41, 5.74) is 0. The van der Waals surface area contributed by atoms with Crippen molar-refractivity contribution in [2.45, 2.75) is 70.1 Å². The van der Waals surface area contributed by atoms with E-state index in [9.17, 15) is 13.2 Å². The van der Waals surface area contributed by atoms with Gasteiger partial charge in [-0.25, -0.2) is 0 Å². The van der Waals surface area contributed by atoms with Gasteiger partial charge < -0.3 is 5.32 Å². The molecule has 2 unspecified atom stereocenters. The molecule has 2 fully saturated rings. The molecule has 5 heteroatoms. The molecule has 1 N–H and O–H groups in total. The van der Waals surface area contributed by atoms with Gasteiger partial charge in [-0.1, -0.05) is 19.3 Å². The molecule has 0 amide bonds. The predicted octanol–water partition coefficient (Wildman–Crippen LogP) is 3.57. The monoisotopic (exact) mass is 292 g/mol. The third-order valence-corrected chi connectivity index (χ3v) is 4.85. The molecule has 1 saturated carbocycles. The summed E-state index contributed by atoms with van der Waals surface area (Å²) in [6, 6.07) is 0.834. The van der Waals surface area contributed by atoms with Crippen molar-refractivity contribution in [2.24, 2.45) is 5.92 Å². The molecule has 0 bridgehead atoms. The number of halogens is 3. The number of nitrogens with zero attached hydrogens (tertiary/aromatic N) is 1. The van der Waals surface area contributed by atoms with Crippen LogP contribution in [-0.2, 0) is 0 Å². The molecule has 0 aromatic heterocycles. The van der Waals surface area contributed by atoms with Gasteiger partial charge >= 0.3 is 6.18 Å². The van der Waals surface area contributed by atoms with Crippen molar-refractivity contribution in [1.82, 2.24) is 10.2 Å². The van der Waals surface area contributed by atoms with Crippen molar-refractivity contribution >= 4 is 0 Å². The highest BCUT2D eigenvalue weighted by atomic mass is 19.4. The SMILES string of the molecule is CC1CNC(C2CCCCC2)CN1CCCC(F)(F)F. The molecule has 2 rings (SSSR count). The molecule has 0 spiro atoms. The molecule has 0 aromatic rings. The van der Waals surface area contributed by atoms with Crippen molar-refractivity contribution < 1.29 is 13.2 Å². The summed E-state index contributed by atoms with van der Waals surface area (Å²) in [6.07, 6.45) is 2.09. The lowest BCUT2D eigenvalue weighted by molar-refractivity contribution is -0.136. The van der Waals surface area contributed by atoms with E-state index in [1.165, 1.54) is 32.1 Å². The van der Waals surface area contributed by atoms with E-state index < -0.39 is 12.6 Å². The van der Waals surface area contributed by atoms with E-state index in [4.69, 9.17) is 0 Å². The van der Waals surface area contributed by atoms with Crippen LogP contribution in [0.15, 0.2) is 0 Å². The third-order valence-electron chi connectivity index (χ3n) is 4.85. The van der Waals surface area contributed by atoms with Crippen LogP contribution in [0.25, 0.3) is 0 Å². The highest BCUT2D eigenvalue weighted by Crippen LogP contribution is 2.29. The van der Waals surface area contributed by atoms with Crippen molar-refractivity contribution in [2.75, 3.05) is 19.6 Å². The van der Waals surface area contributed by atoms with Gasteiger partial charge in [0.05, 0.1) is 0 Å². The summed E-state index contributed by atoms with van der Waals surface area (Å²) in [7, 11) is 0. The Morgan fingerprint density at radius 3 is 2.50 bits per heavy atom. The zero-order valence-corrected chi connectivity index (χ0v) is 12.4. The summed E-state index contributed by atoms with van der Waals surface area (Å²) in [6.45, 7) is 4.51. The van der Waals surface area contributed by atoms with E-state index in [1.807, 2.05) is 0 Å². The van der Waals surface area contributed by atoms with E-state index in [1.54, 1.807) is 0 Å². The van der Waals surface area contributed by atoms with Crippen LogP contribution in [0, 0.1) is 5.92 Å². The van der Waals surface area contributed by atoms with Gasteiger partial charge in [0.2, 0.25) is 0 Å². The van der Waals surface area contributed by atoms with Crippen LogP contribution in [-0.4, -0.2) is 42.8 Å². The van der Waals surface area contributed by atoms with Gasteiger partial charge in [-0.3, -0.25) is 4.90 Å². The lowest BCUT2D eigenvalue weighted by Crippen LogP contribution is -2.58. The summed E-state index contributed by atoms with van der Waals surface area (Å²) < 4.78 is 36.7. The first kappa shape index (κ1) is 16.1. The predicted molar refractivity (Wildman–Crippen MR) is 74.7 cm³/mol. The zero-order valence-electron chi connectivity index (χ0n) is 12.4. The molecular formula is C15H27F3N2. The first-order chi connectivity index (χ1) is 9.46. The average molecular weight is 292 g/mol. The summed E-state index contributed by atoms with van der Waals surface area (Å²) in [4.78, 5) is 2.25. The Kier molecular flexibility index (Phi) is 5.73. The molecule has 0 aromatic carbocycles. The van der Waals surface area contributed by atoms with E-state index in [-0.39, 0.29) is 6.42 Å². The normalized spacial score (nSPS) is 30.6. The van der Waals surface area contributed by atoms with Crippen LogP contribution < -0.4 is 5.32 Å². The van der Waals surface area contributed by atoms with E-state index in [0.717, 1.165) is 19.0 Å². The van der Waals surface area contributed by atoms with Gasteiger partial charge in [0.1, 0.15) is 0 Å². The molecule has 2 nitrogen and oxygen atoms in total. The van der Waals surface area contributed by atoms with Gasteiger partial charge in [-0.2, -0.15) is 13.2 Å². The fourth-order valence-electron chi connectivity index (χ4n) is 3.59. The number of nitrogens with one attached hydrogen (secondary N) is 1. The maximum absolute atomic E-state index is 12.2. The van der Waals surface area contributed by atoms with Crippen molar-refractivity contribution in [3.63, 3.8) is 0 Å². The van der Waals surface area contributed by atoms with Gasteiger partial charge in [0.15, 0.2) is 0 Å². The van der Waals surface area contributed by atoms with Gasteiger partial charge in [0, 0.05) is 31.6 Å². The molecule has 20 heavy (non-hydrogen) atoms. The highest BCUT2D eigenvalue weighted by Gasteiger charge is 2.32. The second kappa shape index (κ2) is 7.12. The largest absolute Gasteiger partial charge is 0.389 e. The molecule has 1 aliphatic heterocycles. The van der Waals surface area contributed by atoms with Crippen LogP contribution in [0.2, 0.25) is 0 Å². The Morgan fingerprint density at radius 2 is 1.85 bits per heavy atom. The van der Waals surface area contributed by atoms with Gasteiger partial charge in [-0.05, 0) is 38.6 Å². The Morgan fingerprint density at radius 1 is 1.15 bits per heavy atom. The van der Waals surface area contributed by atoms with Crippen molar-refractivity contribution in [1.29, 1.82) is 0 Å². The standard InChI is InChI=1S/C15H27F3N2/c1-12-10-19-14(13-6-3-2-4-7-13)11-20(12)9-5-8-15(16,17)18/h12-14,19H,2-11H2,1H3. The molecule has 2 atom stereocenters. The number of rotatable bonds is 4. The van der Waals surface area contributed by atoms with Gasteiger partial charge in [0.25, 0.3) is 0 Å². The highest BCUT2D eigenvalue weighted by molar-refractivity contribution is 4.89. The topological polar surface area (TPSA) is 15.3 Å². The quantitative estimate of drug-likeness (QED) is 0.852. The lowest BCUT2D eigenvalue weighted by Gasteiger charge is -2.43. The molecule has 0 radical (unpaired) electrons. The Balaban J connectivity index is 1.78. The number of hydrogen-bond donors (Lipinski definition) is 1. The molecule has 1 saturated heterocycles. The minimum Gasteiger partial charge on any atom is -0.311 e. The van der Waals surface area contributed by atoms with Crippen molar-refractivity contribution in [3.8, 4) is 0 Å². The second-order valence-electron chi connectivity index (χ2n) is 6.48. The summed E-state index contributed by atoms with van der Waals surface area (Å²) >= 11 is 0. The minimum absolute atomic E-state index is 0.227. The second-order valence-corrected chi connectivity index (χ2v) is 6.48. The van der Waals surface area contributed by atoms with Crippen LogP contribution in [0.1, 0.15) is 51.9 Å². The maximum Gasteiger partial charge on any atom is 0.389 e. The smallest absolute Gasteiger partial charge is 0.311 e. The summed E-state index contributed by atoms with van der Waals surface area (Å²) in [5, 5.41) is 3.61. The van der Waals surface area contributed by atoms with Crippen molar-refractivity contribution in [3.05, 3.63) is 0 Å². The van der Waals surface area contributed by atoms with E-state index >= 15 is 0 Å². The lowest BCUT2D eigenvalue weighted by atomic mass is 9.82. The molecule has 1 heterocycles. The molecule has 1 aliphatic carbocycles. The third kappa shape index (κ3) is 4.92. The van der Waals surface area contributed by atoms with Crippen LogP contribution in [0.3, 0.4) is 0 Å². The van der Waals surface area contributed by atoms with Gasteiger partial charge in [-0.15, -0.1) is 0 Å². The zero-order chi connectivity index (χ0) is 14.6. The first-order valence-electron chi connectivity index (χ1n) is 8.00. The number of alkyl halides is 3. The Hall–Kier alpha value is -0.290. The fraction of sp³-hybridized carbons (Fsp3) is 1.00. The fourth-order valence-corrected chi connectivity index (χ4v) is 3.59.